The van der Waals surface area contributed by atoms with Crippen LogP contribution in [0, 0.1) is 0 Å². The highest BCUT2D eigenvalue weighted by atomic mass is 32.2. The number of β-lactam (4-membered cyclic amide) rings is 1. The average Bonchev–Trinajstić information content (AvgIpc) is 3.64. The lowest BCUT2D eigenvalue weighted by atomic mass is 10.0. The number of hydrogen-bond donors (Lipinski definition) is 3. The standard InChI is InChI=1S/C20H23N9O5S3/c1-28-20(24-26-27-28)37-7-9-6-35-17-13(16(31)29(17)14(9)18(32)33)23-15(30)12(11-8-36-19(21)22-11)25-34-10-4-2-3-5-10/h8,10,13,17H,2-7H2,1H3,(H2,21,22)(H,23,30)(H,32,33)/b25-12+. The quantitative estimate of drug-likeness (QED) is 0.165. The molecule has 2 fully saturated rings. The van der Waals surface area contributed by atoms with Crippen LogP contribution in [0.2, 0.25) is 0 Å². The molecule has 37 heavy (non-hydrogen) atoms. The Morgan fingerprint density at radius 1 is 1.38 bits per heavy atom. The van der Waals surface area contributed by atoms with Crippen molar-refractivity contribution in [3.05, 3.63) is 22.3 Å². The van der Waals surface area contributed by atoms with Crippen molar-refractivity contribution in [2.45, 2.75) is 48.4 Å². The molecule has 1 aliphatic carbocycles. The fraction of sp³-hybridized carbons (Fsp3) is 0.500. The van der Waals surface area contributed by atoms with E-state index in [9.17, 15) is 19.5 Å². The predicted octanol–water partition coefficient (Wildman–Crippen LogP) is 0.443. The number of carboxylic acids is 1. The second-order valence-electron chi connectivity index (χ2n) is 8.51. The zero-order valence-electron chi connectivity index (χ0n) is 19.6. The number of thiazole rings is 1. The number of nitrogen functional groups attached to an aromatic ring is 1. The molecule has 0 spiro atoms. The highest BCUT2D eigenvalue weighted by Gasteiger charge is 2.54. The summed E-state index contributed by atoms with van der Waals surface area (Å²) in [5.74, 6) is -1.69. The predicted molar refractivity (Wildman–Crippen MR) is 136 cm³/mol. The summed E-state index contributed by atoms with van der Waals surface area (Å²) in [4.78, 5) is 49.3. The number of anilines is 1. The molecular formula is C20H23N9O5S3. The number of carbonyl (C=O) groups is 3. The van der Waals surface area contributed by atoms with Crippen molar-refractivity contribution in [3.8, 4) is 0 Å². The van der Waals surface area contributed by atoms with E-state index in [4.69, 9.17) is 10.6 Å². The normalized spacial score (nSPS) is 22.1. The Labute approximate surface area is 223 Å². The van der Waals surface area contributed by atoms with Crippen LogP contribution >= 0.6 is 34.9 Å². The van der Waals surface area contributed by atoms with Gasteiger partial charge in [0.25, 0.3) is 11.8 Å². The molecule has 2 aliphatic heterocycles. The van der Waals surface area contributed by atoms with Crippen molar-refractivity contribution in [2.75, 3.05) is 17.2 Å². The number of aryl methyl sites for hydroxylation is 1. The van der Waals surface area contributed by atoms with Crippen molar-refractivity contribution < 1.29 is 24.3 Å². The first-order valence-corrected chi connectivity index (χ1v) is 14.3. The summed E-state index contributed by atoms with van der Waals surface area (Å²) >= 11 is 3.81. The number of rotatable bonds is 9. The minimum atomic E-state index is -1.21. The summed E-state index contributed by atoms with van der Waals surface area (Å²) in [7, 11) is 1.68. The Morgan fingerprint density at radius 3 is 2.81 bits per heavy atom. The number of carbonyl (C=O) groups excluding carboxylic acids is 2. The number of tetrazole rings is 1. The van der Waals surface area contributed by atoms with E-state index in [-0.39, 0.29) is 28.3 Å². The molecule has 0 radical (unpaired) electrons. The molecule has 0 bridgehead atoms. The van der Waals surface area contributed by atoms with E-state index in [0.29, 0.717) is 22.2 Å². The minimum Gasteiger partial charge on any atom is -0.477 e. The van der Waals surface area contributed by atoms with Crippen LogP contribution in [-0.4, -0.2) is 87.7 Å². The van der Waals surface area contributed by atoms with Crippen LogP contribution in [0.4, 0.5) is 5.13 Å². The molecule has 3 aliphatic rings. The Kier molecular flexibility index (Phi) is 7.34. The van der Waals surface area contributed by atoms with Gasteiger partial charge in [0.05, 0.1) is 0 Å². The summed E-state index contributed by atoms with van der Waals surface area (Å²) in [5, 5.41) is 29.7. The first kappa shape index (κ1) is 25.5. The summed E-state index contributed by atoms with van der Waals surface area (Å²) in [6.07, 6.45) is 3.69. The zero-order chi connectivity index (χ0) is 26.1. The third-order valence-corrected chi connectivity index (χ3v) is 9.18. The maximum absolute atomic E-state index is 13.2. The molecule has 0 aromatic carbocycles. The summed E-state index contributed by atoms with van der Waals surface area (Å²) in [6, 6.07) is -0.920. The number of oxime groups is 1. The van der Waals surface area contributed by atoms with Crippen molar-refractivity contribution in [1.29, 1.82) is 0 Å². The number of fused-ring (bicyclic) bond motifs is 1. The third-order valence-electron chi connectivity index (χ3n) is 6.07. The van der Waals surface area contributed by atoms with E-state index < -0.39 is 29.2 Å². The van der Waals surface area contributed by atoms with Gasteiger partial charge in [-0.3, -0.25) is 14.5 Å². The molecule has 4 heterocycles. The second kappa shape index (κ2) is 10.7. The number of aliphatic carboxylic acids is 1. The van der Waals surface area contributed by atoms with Crippen molar-refractivity contribution in [1.82, 2.24) is 35.4 Å². The van der Waals surface area contributed by atoms with Gasteiger partial charge in [-0.1, -0.05) is 16.9 Å². The van der Waals surface area contributed by atoms with Gasteiger partial charge in [0.15, 0.2) is 10.8 Å². The SMILES string of the molecule is Cn1nnnc1SCC1=C(C(=O)O)N2C(=O)C(NC(=O)/C(=N/OC3CCCC3)c3csc(N)n3)C2SC1. The average molecular weight is 566 g/mol. The van der Waals surface area contributed by atoms with E-state index in [2.05, 4.69) is 31.0 Å². The highest BCUT2D eigenvalue weighted by molar-refractivity contribution is 8.01. The Hall–Kier alpha value is -3.18. The first-order valence-electron chi connectivity index (χ1n) is 11.3. The minimum absolute atomic E-state index is 0.0738. The molecule has 5 rings (SSSR count). The number of amides is 2. The topological polar surface area (TPSA) is 191 Å². The lowest BCUT2D eigenvalue weighted by Gasteiger charge is -2.49. The van der Waals surface area contributed by atoms with Crippen LogP contribution in [0.15, 0.2) is 27.0 Å². The molecule has 1 saturated heterocycles. The van der Waals surface area contributed by atoms with Crippen LogP contribution in [0.5, 0.6) is 0 Å². The lowest BCUT2D eigenvalue weighted by Crippen LogP contribution is -2.71. The van der Waals surface area contributed by atoms with Gasteiger partial charge in [0.2, 0.25) is 5.16 Å². The van der Waals surface area contributed by atoms with E-state index >= 15 is 0 Å². The van der Waals surface area contributed by atoms with Crippen LogP contribution in [-0.2, 0) is 26.3 Å². The third kappa shape index (κ3) is 5.15. The Bertz CT molecular complexity index is 1290. The maximum atomic E-state index is 13.2. The molecule has 2 unspecified atom stereocenters. The molecule has 2 aromatic heterocycles. The number of carboxylic acid groups (broad SMARTS) is 1. The maximum Gasteiger partial charge on any atom is 0.352 e. The number of nitrogens with one attached hydrogen (secondary N) is 1. The van der Waals surface area contributed by atoms with Gasteiger partial charge >= 0.3 is 5.97 Å². The number of nitrogens with two attached hydrogens (primary N) is 1. The number of aromatic nitrogens is 5. The summed E-state index contributed by atoms with van der Waals surface area (Å²) < 4.78 is 1.48. The van der Waals surface area contributed by atoms with Gasteiger partial charge in [0, 0.05) is 23.9 Å². The summed E-state index contributed by atoms with van der Waals surface area (Å²) in [6.45, 7) is 0. The molecule has 17 heteroatoms. The van der Waals surface area contributed by atoms with E-state index in [1.54, 1.807) is 12.4 Å². The Morgan fingerprint density at radius 2 is 2.16 bits per heavy atom. The van der Waals surface area contributed by atoms with E-state index in [1.807, 2.05) is 0 Å². The monoisotopic (exact) mass is 565 g/mol. The van der Waals surface area contributed by atoms with Crippen LogP contribution in [0.1, 0.15) is 31.4 Å². The van der Waals surface area contributed by atoms with Gasteiger partial charge in [-0.25, -0.2) is 14.5 Å². The van der Waals surface area contributed by atoms with E-state index in [0.717, 1.165) is 37.0 Å². The van der Waals surface area contributed by atoms with Crippen molar-refractivity contribution in [2.24, 2.45) is 12.2 Å². The number of hydrogen-bond acceptors (Lipinski definition) is 13. The van der Waals surface area contributed by atoms with Crippen LogP contribution in [0.3, 0.4) is 0 Å². The summed E-state index contributed by atoms with van der Waals surface area (Å²) in [5.41, 5.74) is 6.42. The van der Waals surface area contributed by atoms with Gasteiger partial charge in [-0.15, -0.1) is 28.2 Å². The van der Waals surface area contributed by atoms with Crippen molar-refractivity contribution >= 4 is 63.5 Å². The van der Waals surface area contributed by atoms with E-state index in [1.165, 1.54) is 33.1 Å². The van der Waals surface area contributed by atoms with Crippen molar-refractivity contribution in [3.63, 3.8) is 0 Å². The highest BCUT2D eigenvalue weighted by Crippen LogP contribution is 2.41. The molecule has 4 N–H and O–H groups in total. The molecule has 2 aromatic rings. The van der Waals surface area contributed by atoms with Gasteiger partial charge in [-0.05, 0) is 41.7 Å². The van der Waals surface area contributed by atoms with Crippen LogP contribution < -0.4 is 11.1 Å². The molecule has 1 saturated carbocycles. The lowest BCUT2D eigenvalue weighted by molar-refractivity contribution is -0.150. The number of thioether (sulfide) groups is 2. The van der Waals surface area contributed by atoms with Crippen LogP contribution in [0.25, 0.3) is 0 Å². The molecule has 14 nitrogen and oxygen atoms in total. The van der Waals surface area contributed by atoms with Gasteiger partial charge in [-0.2, -0.15) is 0 Å². The van der Waals surface area contributed by atoms with Gasteiger partial charge in [0.1, 0.15) is 28.9 Å². The molecular weight excluding hydrogens is 542 g/mol. The fourth-order valence-electron chi connectivity index (χ4n) is 4.22. The second-order valence-corrected chi connectivity index (χ2v) is 11.5. The first-order chi connectivity index (χ1) is 17.8. The fourth-order valence-corrected chi connectivity index (χ4v) is 7.10. The molecule has 196 valence electrons. The Balaban J connectivity index is 1.30. The smallest absolute Gasteiger partial charge is 0.352 e. The van der Waals surface area contributed by atoms with Gasteiger partial charge < -0.3 is 21.0 Å². The zero-order valence-corrected chi connectivity index (χ0v) is 22.0. The molecule has 2 atom stereocenters. The largest absolute Gasteiger partial charge is 0.477 e. The number of nitrogens with zero attached hydrogens (tertiary/aromatic N) is 7. The molecule has 2 amide bonds.